The molecule has 3 heterocycles. The molecule has 1 aromatic heterocycles. The van der Waals surface area contributed by atoms with Crippen LogP contribution in [-0.4, -0.2) is 0 Å². The van der Waals surface area contributed by atoms with Gasteiger partial charge in [-0.3, -0.25) is 0 Å². The number of anilines is 3. The Morgan fingerprint density at radius 3 is 2.00 bits per heavy atom. The van der Waals surface area contributed by atoms with Gasteiger partial charge in [-0.05, 0) is 83.6 Å². The highest BCUT2D eigenvalue weighted by molar-refractivity contribution is 6.12. The lowest BCUT2D eigenvalue weighted by Crippen LogP contribution is -2.10. The zero-order chi connectivity index (χ0) is 24.3. The second kappa shape index (κ2) is 8.09. The van der Waals surface area contributed by atoms with Crippen LogP contribution in [0.3, 0.4) is 0 Å². The van der Waals surface area contributed by atoms with Crippen molar-refractivity contribution in [3.63, 3.8) is 0 Å². The Bertz CT molecular complexity index is 1730. The van der Waals surface area contributed by atoms with E-state index in [9.17, 15) is 0 Å². The van der Waals surface area contributed by atoms with Gasteiger partial charge in [0, 0.05) is 22.1 Å². The molecular weight excluding hydrogens is 454 g/mol. The molecule has 1 saturated heterocycles. The summed E-state index contributed by atoms with van der Waals surface area (Å²) < 4.78 is 12.8. The summed E-state index contributed by atoms with van der Waals surface area (Å²) in [6.07, 6.45) is 2.77. The van der Waals surface area contributed by atoms with Crippen LogP contribution in [0.15, 0.2) is 120 Å². The number of rotatable bonds is 4. The average molecular weight is 480 g/mol. The Balaban J connectivity index is 1.41. The van der Waals surface area contributed by atoms with Gasteiger partial charge in [-0.2, -0.15) is 0 Å². The van der Waals surface area contributed by atoms with E-state index >= 15 is 0 Å². The van der Waals surface area contributed by atoms with Gasteiger partial charge in [0.05, 0.1) is 17.9 Å². The maximum atomic E-state index is 6.55. The van der Waals surface area contributed by atoms with Gasteiger partial charge in [-0.25, -0.2) is 0 Å². The van der Waals surface area contributed by atoms with Crippen molar-refractivity contribution in [1.29, 1.82) is 0 Å². The summed E-state index contributed by atoms with van der Waals surface area (Å²) in [5.74, 6) is 0. The molecule has 2 aliphatic rings. The largest absolute Gasteiger partial charge is 0.454 e. The van der Waals surface area contributed by atoms with E-state index in [4.69, 9.17) is 9.15 Å². The molecule has 8 rings (SSSR count). The highest BCUT2D eigenvalue weighted by Gasteiger charge is 2.37. The van der Waals surface area contributed by atoms with Gasteiger partial charge in [0.1, 0.15) is 5.58 Å². The fourth-order valence-electron chi connectivity index (χ4n) is 6.14. The second-order valence-electron chi connectivity index (χ2n) is 10.0. The Morgan fingerprint density at radius 2 is 1.24 bits per heavy atom. The topological polar surface area (TPSA) is 25.6 Å². The van der Waals surface area contributed by atoms with Crippen LogP contribution < -0.4 is 4.90 Å². The summed E-state index contributed by atoms with van der Waals surface area (Å²) >= 11 is 0. The molecule has 5 aromatic carbocycles. The minimum Gasteiger partial charge on any atom is -0.454 e. The van der Waals surface area contributed by atoms with Crippen molar-refractivity contribution in [2.45, 2.75) is 25.0 Å². The molecule has 2 atom stereocenters. The second-order valence-corrected chi connectivity index (χ2v) is 10.0. The van der Waals surface area contributed by atoms with Gasteiger partial charge in [0.15, 0.2) is 5.58 Å². The summed E-state index contributed by atoms with van der Waals surface area (Å²) in [5, 5.41) is 2.25. The van der Waals surface area contributed by atoms with Crippen LogP contribution in [0.2, 0.25) is 0 Å². The number of nitrogens with zero attached hydrogens (tertiary/aromatic N) is 1. The Kier molecular flexibility index (Phi) is 4.55. The maximum absolute atomic E-state index is 6.55. The molecule has 37 heavy (non-hydrogen) atoms. The summed E-state index contributed by atoms with van der Waals surface area (Å²) in [4.78, 5) is 2.30. The van der Waals surface area contributed by atoms with Crippen molar-refractivity contribution in [2.24, 2.45) is 0 Å². The van der Waals surface area contributed by atoms with E-state index in [0.29, 0.717) is 0 Å². The average Bonchev–Trinajstić information content (AvgIpc) is 3.68. The van der Waals surface area contributed by atoms with Crippen LogP contribution in [0.25, 0.3) is 33.1 Å². The molecular formula is C34H25NO2. The normalized spacial score (nSPS) is 17.9. The molecule has 0 amide bonds. The molecule has 0 aliphatic carbocycles. The van der Waals surface area contributed by atoms with Gasteiger partial charge >= 0.3 is 0 Å². The van der Waals surface area contributed by atoms with Crippen LogP contribution in [0, 0.1) is 0 Å². The molecule has 0 spiro atoms. The van der Waals surface area contributed by atoms with Crippen molar-refractivity contribution in [3.05, 3.63) is 126 Å². The van der Waals surface area contributed by atoms with Crippen LogP contribution in [0.1, 0.15) is 36.2 Å². The van der Waals surface area contributed by atoms with E-state index < -0.39 is 0 Å². The first-order valence-electron chi connectivity index (χ1n) is 13.0. The maximum Gasteiger partial charge on any atom is 0.159 e. The van der Waals surface area contributed by atoms with E-state index in [0.717, 1.165) is 51.8 Å². The number of para-hydroxylation sites is 3. The number of ether oxygens (including phenoxy) is 1. The molecule has 0 saturated carbocycles. The third kappa shape index (κ3) is 3.24. The molecule has 2 aliphatic heterocycles. The number of benzene rings is 5. The van der Waals surface area contributed by atoms with Gasteiger partial charge in [0.2, 0.25) is 0 Å². The first kappa shape index (κ1) is 20.8. The van der Waals surface area contributed by atoms with Crippen LogP contribution in [0.5, 0.6) is 0 Å². The van der Waals surface area contributed by atoms with Crippen molar-refractivity contribution in [3.8, 4) is 11.1 Å². The minimum atomic E-state index is 0.239. The third-order valence-electron chi connectivity index (χ3n) is 7.86. The monoisotopic (exact) mass is 479 g/mol. The summed E-state index contributed by atoms with van der Waals surface area (Å²) in [7, 11) is 0. The Hall–Kier alpha value is -4.34. The number of furan rings is 1. The molecule has 1 fully saturated rings. The number of fused-ring (bicyclic) bond motifs is 8. The fourth-order valence-corrected chi connectivity index (χ4v) is 6.14. The van der Waals surface area contributed by atoms with Gasteiger partial charge in [-0.15, -0.1) is 0 Å². The highest BCUT2D eigenvalue weighted by Crippen LogP contribution is 2.52. The summed E-state index contributed by atoms with van der Waals surface area (Å²) in [5.41, 5.74) is 10.1. The Morgan fingerprint density at radius 1 is 0.568 bits per heavy atom. The predicted octanol–water partition coefficient (Wildman–Crippen LogP) is 9.63. The highest BCUT2D eigenvalue weighted by atomic mass is 16.5. The lowest BCUT2D eigenvalue weighted by molar-refractivity contribution is 0.0717. The van der Waals surface area contributed by atoms with Crippen molar-refractivity contribution >= 4 is 39.0 Å². The van der Waals surface area contributed by atoms with Crippen LogP contribution in [0.4, 0.5) is 17.1 Å². The fraction of sp³-hybridized carbons (Fsp3) is 0.118. The van der Waals surface area contributed by atoms with Gasteiger partial charge < -0.3 is 14.1 Å². The Labute approximate surface area is 215 Å². The molecule has 6 aromatic rings. The molecule has 2 bridgehead atoms. The lowest BCUT2D eigenvalue weighted by atomic mass is 9.89. The number of hydrogen-bond donors (Lipinski definition) is 0. The predicted molar refractivity (Wildman–Crippen MR) is 150 cm³/mol. The van der Waals surface area contributed by atoms with Crippen molar-refractivity contribution in [2.75, 3.05) is 4.90 Å². The zero-order valence-electron chi connectivity index (χ0n) is 20.3. The van der Waals surface area contributed by atoms with E-state index in [1.54, 1.807) is 0 Å². The smallest absolute Gasteiger partial charge is 0.159 e. The van der Waals surface area contributed by atoms with Gasteiger partial charge in [0.25, 0.3) is 0 Å². The molecule has 178 valence electrons. The quantitative estimate of drug-likeness (QED) is 0.252. The van der Waals surface area contributed by atoms with Gasteiger partial charge in [-0.1, -0.05) is 66.7 Å². The van der Waals surface area contributed by atoms with E-state index in [-0.39, 0.29) is 12.2 Å². The standard InChI is InChI=1S/C34H25NO2/c1-3-9-24(10-4-1)35(25-11-5-2-6-12-25)30-21-23(20-29-26-13-7-8-14-31(26)37-34(29)30)22-15-16-27-28(19-22)33-18-17-32(27)36-33/h1-16,19-21,32-33H,17-18H2. The van der Waals surface area contributed by atoms with Crippen molar-refractivity contribution in [1.82, 2.24) is 0 Å². The molecule has 0 radical (unpaired) electrons. The minimum absolute atomic E-state index is 0.239. The third-order valence-corrected chi connectivity index (χ3v) is 7.86. The first-order valence-corrected chi connectivity index (χ1v) is 13.0. The van der Waals surface area contributed by atoms with E-state index in [1.807, 2.05) is 6.07 Å². The van der Waals surface area contributed by atoms with E-state index in [2.05, 4.69) is 114 Å². The summed E-state index contributed by atoms with van der Waals surface area (Å²) in [6, 6.07) is 40.8. The lowest BCUT2D eigenvalue weighted by Gasteiger charge is -2.26. The van der Waals surface area contributed by atoms with Crippen LogP contribution >= 0.6 is 0 Å². The molecule has 3 heteroatoms. The zero-order valence-corrected chi connectivity index (χ0v) is 20.3. The first-order chi connectivity index (χ1) is 18.3. The summed E-state index contributed by atoms with van der Waals surface area (Å²) in [6.45, 7) is 0. The molecule has 0 N–H and O–H groups in total. The van der Waals surface area contributed by atoms with E-state index in [1.165, 1.54) is 22.3 Å². The SMILES string of the molecule is c1ccc(N(c2ccccc2)c2cc(-c3ccc4c(c3)C3CCC4O3)cc3c2oc2ccccc23)cc1. The molecule has 2 unspecified atom stereocenters. The number of hydrogen-bond acceptors (Lipinski definition) is 3. The molecule has 3 nitrogen and oxygen atoms in total. The van der Waals surface area contributed by atoms with Crippen LogP contribution in [-0.2, 0) is 4.74 Å². The van der Waals surface area contributed by atoms with Crippen molar-refractivity contribution < 1.29 is 9.15 Å².